The predicted molar refractivity (Wildman–Crippen MR) is 453 cm³/mol. The lowest BCUT2D eigenvalue weighted by molar-refractivity contribution is -0.183. The minimum absolute atomic E-state index is 0.0535. The van der Waals surface area contributed by atoms with Gasteiger partial charge >= 0.3 is 11.9 Å². The second-order valence-electron chi connectivity index (χ2n) is 32.9. The third-order valence-electron chi connectivity index (χ3n) is 23.3. The van der Waals surface area contributed by atoms with E-state index in [2.05, 4.69) is 86.7 Å². The van der Waals surface area contributed by atoms with E-state index in [-0.39, 0.29) is 70.1 Å². The van der Waals surface area contributed by atoms with E-state index in [4.69, 9.17) is 67.3 Å². The number of hydrogen-bond acceptors (Lipinski definition) is 18. The molecule has 0 saturated heterocycles. The van der Waals surface area contributed by atoms with Crippen LogP contribution in [0.3, 0.4) is 0 Å². The Kier molecular flexibility index (Phi) is 23.2. The van der Waals surface area contributed by atoms with Crippen molar-refractivity contribution < 1.29 is 80.8 Å². The minimum Gasteiger partial charge on any atom is -0.497 e. The molecule has 10 aromatic carbocycles. The summed E-state index contributed by atoms with van der Waals surface area (Å²) in [4.78, 5) is 54.8. The fourth-order valence-electron chi connectivity index (χ4n) is 18.0. The van der Waals surface area contributed by atoms with Crippen LogP contribution in [0.1, 0.15) is 170 Å². The van der Waals surface area contributed by atoms with E-state index in [0.29, 0.717) is 17.9 Å². The van der Waals surface area contributed by atoms with E-state index in [1.54, 1.807) is 63.1 Å². The van der Waals surface area contributed by atoms with Gasteiger partial charge in [-0.05, 0) is 181 Å². The van der Waals surface area contributed by atoms with Crippen LogP contribution in [0.25, 0.3) is 56.0 Å². The quantitative estimate of drug-likeness (QED) is 0.0225. The molecule has 0 aromatic heterocycles. The zero-order valence-electron chi connectivity index (χ0n) is 69.5. The lowest BCUT2D eigenvalue weighted by Crippen LogP contribution is -2.51. The van der Waals surface area contributed by atoms with Gasteiger partial charge in [0.15, 0.2) is 22.8 Å². The molecule has 0 amide bonds. The summed E-state index contributed by atoms with van der Waals surface area (Å²) in [7, 11) is 6.59. The van der Waals surface area contributed by atoms with Gasteiger partial charge in [0.05, 0.1) is 72.3 Å². The number of nitrogens with two attached hydrogens (primary N) is 1. The van der Waals surface area contributed by atoms with Crippen molar-refractivity contribution in [2.45, 2.75) is 172 Å². The first-order valence-electron chi connectivity index (χ1n) is 40.1. The minimum atomic E-state index is -1.29. The zero-order valence-corrected chi connectivity index (χ0v) is 69.5. The van der Waals surface area contributed by atoms with Crippen LogP contribution in [0.2, 0.25) is 0 Å². The van der Waals surface area contributed by atoms with Crippen molar-refractivity contribution in [1.29, 1.82) is 0 Å². The Labute approximate surface area is 685 Å². The molecule has 2 aliphatic heterocycles. The molecule has 0 saturated carbocycles. The number of Topliss-reactive ketones (excluding diaryl/α,β-unsaturated/α-hetero) is 2. The summed E-state index contributed by atoms with van der Waals surface area (Å²) in [5.74, 6) is 2.66. The number of fused-ring (bicyclic) bond motifs is 16. The molecular weight excluding hydrogens is 1480 g/mol. The van der Waals surface area contributed by atoms with Gasteiger partial charge in [-0.15, -0.1) is 0 Å². The molecule has 0 radical (unpaired) electrons. The van der Waals surface area contributed by atoms with Gasteiger partial charge < -0.3 is 67.3 Å². The first-order valence-corrected chi connectivity index (χ1v) is 40.1. The largest absolute Gasteiger partial charge is 0.497 e. The van der Waals surface area contributed by atoms with Crippen molar-refractivity contribution in [3.63, 3.8) is 0 Å². The second-order valence-corrected chi connectivity index (χ2v) is 32.9. The van der Waals surface area contributed by atoms with E-state index < -0.39 is 69.1 Å². The van der Waals surface area contributed by atoms with E-state index in [0.717, 1.165) is 122 Å². The Morgan fingerprint density at radius 1 is 0.410 bits per heavy atom. The van der Waals surface area contributed by atoms with Crippen LogP contribution < -0.4 is 34.2 Å². The maximum atomic E-state index is 13.9. The van der Waals surface area contributed by atoms with E-state index in [1.165, 1.54) is 0 Å². The number of ether oxygens (including phenoxy) is 13. The standard InChI is InChI=1S/C99H105NO17/c1-62(113-93(5,6)82(101)48-50-84(103)109-56-58-111-96(10)80-30-22-20-28-76(80)86-72-24-16-18-26-74(72)90-78(88(86)96)52-54-98(115-90,64-32-40-68(105-12)41-33-64)65-34-42-69(106-13)43-35-65)60-92(3,4)117-95(9,100)61-63(2)114-94(7,8)83(102)49-51-85(104)110-57-59-112-97(11)81-31-23-21-29-77(81)87-73-25-17-19-27-75(73)91-79(89(87)97)53-55-99(116-91,66-36-44-70(107-14)45-37-66)67-38-46-71(108-15)47-39-67/h16-47,52-55,62-63H,48-51,56-61,100H2,1-15H3. The lowest BCUT2D eigenvalue weighted by Gasteiger charge is -2.40. The summed E-state index contributed by atoms with van der Waals surface area (Å²) >= 11 is 0. The van der Waals surface area contributed by atoms with E-state index in [1.807, 2.05) is 173 Å². The van der Waals surface area contributed by atoms with Gasteiger partial charge in [0.1, 0.15) is 75.8 Å². The molecular formula is C99H105NO17. The van der Waals surface area contributed by atoms with Crippen molar-refractivity contribution in [3.8, 4) is 56.8 Å². The molecule has 2 aliphatic carbocycles. The topological polar surface area (TPSA) is 214 Å². The van der Waals surface area contributed by atoms with Gasteiger partial charge in [-0.1, -0.05) is 158 Å². The Bertz CT molecular complexity index is 5020. The molecule has 5 unspecified atom stereocenters. The number of carbonyl (C=O) groups excluding carboxylic acids is 4. The Hall–Kier alpha value is -11.0. The fraction of sp³-hybridized carbons (Fsp3) is 0.354. The highest BCUT2D eigenvalue weighted by atomic mass is 16.6. The van der Waals surface area contributed by atoms with Gasteiger partial charge in [-0.25, -0.2) is 0 Å². The molecule has 5 atom stereocenters. The molecule has 18 heteroatoms. The lowest BCUT2D eigenvalue weighted by atomic mass is 9.80. The summed E-state index contributed by atoms with van der Waals surface area (Å²) < 4.78 is 82.1. The van der Waals surface area contributed by atoms with Crippen LogP contribution in [0, 0.1) is 0 Å². The molecule has 0 bridgehead atoms. The van der Waals surface area contributed by atoms with Crippen LogP contribution in [0.5, 0.6) is 34.5 Å². The third kappa shape index (κ3) is 16.1. The highest BCUT2D eigenvalue weighted by Gasteiger charge is 2.50. The van der Waals surface area contributed by atoms with Crippen LogP contribution in [-0.2, 0) is 74.7 Å². The second kappa shape index (κ2) is 32.9. The van der Waals surface area contributed by atoms with Crippen LogP contribution in [0.15, 0.2) is 206 Å². The van der Waals surface area contributed by atoms with Crippen LogP contribution in [-0.4, -0.2) is 113 Å². The predicted octanol–water partition coefficient (Wildman–Crippen LogP) is 19.4. The number of ketones is 2. The highest BCUT2D eigenvalue weighted by molar-refractivity contribution is 6.10. The smallest absolute Gasteiger partial charge is 0.306 e. The molecule has 2 heterocycles. The summed E-state index contributed by atoms with van der Waals surface area (Å²) in [5, 5.41) is 3.90. The molecule has 2 N–H and O–H groups in total. The summed E-state index contributed by atoms with van der Waals surface area (Å²) in [6.07, 6.45) is 7.44. The van der Waals surface area contributed by atoms with Gasteiger partial charge in [0.2, 0.25) is 0 Å². The van der Waals surface area contributed by atoms with E-state index >= 15 is 0 Å². The molecule has 608 valence electrons. The molecule has 117 heavy (non-hydrogen) atoms. The first-order chi connectivity index (χ1) is 55.9. The number of rotatable bonds is 34. The van der Waals surface area contributed by atoms with Crippen molar-refractivity contribution in [2.24, 2.45) is 5.73 Å². The molecule has 18 nitrogen and oxygen atoms in total. The van der Waals surface area contributed by atoms with Crippen molar-refractivity contribution in [1.82, 2.24) is 0 Å². The van der Waals surface area contributed by atoms with Crippen molar-refractivity contribution in [3.05, 3.63) is 262 Å². The number of carbonyl (C=O) groups is 4. The average Bonchev–Trinajstić information content (AvgIpc) is 1.59. The third-order valence-corrected chi connectivity index (χ3v) is 23.3. The van der Waals surface area contributed by atoms with Gasteiger partial charge in [0, 0.05) is 81.0 Å². The summed E-state index contributed by atoms with van der Waals surface area (Å²) in [6, 6.07) is 64.7. The molecule has 14 rings (SSSR count). The van der Waals surface area contributed by atoms with E-state index in [9.17, 15) is 19.2 Å². The Balaban J connectivity index is 0.543. The summed E-state index contributed by atoms with van der Waals surface area (Å²) in [6.45, 7) is 20.1. The van der Waals surface area contributed by atoms with Crippen molar-refractivity contribution >= 4 is 57.2 Å². The fourth-order valence-corrected chi connectivity index (χ4v) is 18.0. The Morgan fingerprint density at radius 2 is 0.735 bits per heavy atom. The van der Waals surface area contributed by atoms with Gasteiger partial charge in [0.25, 0.3) is 0 Å². The van der Waals surface area contributed by atoms with Crippen LogP contribution in [0.4, 0.5) is 0 Å². The maximum Gasteiger partial charge on any atom is 0.306 e. The molecule has 0 fully saturated rings. The summed E-state index contributed by atoms with van der Waals surface area (Å²) in [5.41, 5.74) is 11.5. The SMILES string of the molecule is COc1ccc(C2(c3ccc(OC)cc3)C=Cc3c4c(c5ccccc5c3O2)-c2ccccc2C4(C)OCCOC(=O)CCC(=O)C(C)(C)OC(C)CC(C)(C)OC(C)(N)CC(C)OC(C)(C)C(=O)CCC(=O)OCCOC2(C)c3ccccc3-c3c2c2c(c4ccccc34)OC(c3ccc(OC)cc3)(c3ccc(OC)cc3)C=C2)cc1. The van der Waals surface area contributed by atoms with Gasteiger partial charge in [-0.2, -0.15) is 0 Å². The molecule has 10 aromatic rings. The maximum absolute atomic E-state index is 13.9. The molecule has 4 aliphatic rings. The monoisotopic (exact) mass is 1580 g/mol. The average molecular weight is 1580 g/mol. The highest BCUT2D eigenvalue weighted by Crippen LogP contribution is 2.61. The Morgan fingerprint density at radius 3 is 1.09 bits per heavy atom. The zero-order chi connectivity index (χ0) is 83.0. The molecule has 0 spiro atoms. The first kappa shape index (κ1) is 82.6. The van der Waals surface area contributed by atoms with Crippen molar-refractivity contribution in [2.75, 3.05) is 54.9 Å². The number of hydrogen-bond donors (Lipinski definition) is 1. The number of esters is 2. The number of methoxy groups -OCH3 is 4. The van der Waals surface area contributed by atoms with Crippen LogP contribution >= 0.6 is 0 Å². The number of benzene rings is 10. The van der Waals surface area contributed by atoms with Gasteiger partial charge in [-0.3, -0.25) is 19.2 Å². The normalized spacial score (nSPS) is 17.6.